The molecule has 0 bridgehead atoms. The lowest BCUT2D eigenvalue weighted by atomic mass is 9.92. The van der Waals surface area contributed by atoms with Crippen LogP contribution >= 0.6 is 0 Å². The van der Waals surface area contributed by atoms with E-state index in [2.05, 4.69) is 16.7 Å². The minimum absolute atomic E-state index is 0.00418. The summed E-state index contributed by atoms with van der Waals surface area (Å²) in [4.78, 5) is 23.1. The molecule has 0 spiro atoms. The Bertz CT molecular complexity index is 530. The van der Waals surface area contributed by atoms with Gasteiger partial charge in [-0.1, -0.05) is 32.9 Å². The molecule has 20 heavy (non-hydrogen) atoms. The van der Waals surface area contributed by atoms with E-state index in [4.69, 9.17) is 0 Å². The lowest BCUT2D eigenvalue weighted by molar-refractivity contribution is -0.123. The van der Waals surface area contributed by atoms with E-state index >= 15 is 0 Å². The predicted molar refractivity (Wildman–Crippen MR) is 79.3 cm³/mol. The standard InChI is InChI=1S/C16H22N2O2/c1-16(2,3)9-15(20)17-10-11-4-6-13-12(8-11)5-7-14(19)18-13/h4,6,8H,5,7,9-10H2,1-3H3,(H,17,20)(H,18,19). The number of anilines is 1. The van der Waals surface area contributed by atoms with Crippen LogP contribution in [-0.4, -0.2) is 11.8 Å². The fourth-order valence-electron chi connectivity index (χ4n) is 2.29. The number of fused-ring (bicyclic) bond motifs is 1. The molecule has 4 heteroatoms. The van der Waals surface area contributed by atoms with E-state index in [0.29, 0.717) is 19.4 Å². The van der Waals surface area contributed by atoms with Gasteiger partial charge < -0.3 is 10.6 Å². The SMILES string of the molecule is CC(C)(C)CC(=O)NCc1ccc2c(c1)CCC(=O)N2. The van der Waals surface area contributed by atoms with Gasteiger partial charge in [0.05, 0.1) is 0 Å². The first-order valence-electron chi connectivity index (χ1n) is 7.02. The van der Waals surface area contributed by atoms with E-state index in [0.717, 1.165) is 23.2 Å². The van der Waals surface area contributed by atoms with E-state index in [1.165, 1.54) is 0 Å². The number of rotatable bonds is 3. The number of nitrogens with one attached hydrogen (secondary N) is 2. The van der Waals surface area contributed by atoms with Crippen molar-refractivity contribution in [3.8, 4) is 0 Å². The highest BCUT2D eigenvalue weighted by atomic mass is 16.2. The van der Waals surface area contributed by atoms with Crippen molar-refractivity contribution in [3.05, 3.63) is 29.3 Å². The number of carbonyl (C=O) groups is 2. The highest BCUT2D eigenvalue weighted by Gasteiger charge is 2.17. The number of benzene rings is 1. The van der Waals surface area contributed by atoms with Gasteiger partial charge in [0.25, 0.3) is 0 Å². The van der Waals surface area contributed by atoms with Gasteiger partial charge in [-0.3, -0.25) is 9.59 Å². The Morgan fingerprint density at radius 1 is 1.30 bits per heavy atom. The smallest absolute Gasteiger partial charge is 0.224 e. The summed E-state index contributed by atoms with van der Waals surface area (Å²) in [6.45, 7) is 6.69. The fraction of sp³-hybridized carbons (Fsp3) is 0.500. The van der Waals surface area contributed by atoms with Gasteiger partial charge in [0.15, 0.2) is 0 Å². The van der Waals surface area contributed by atoms with Gasteiger partial charge in [0, 0.05) is 25.1 Å². The average molecular weight is 274 g/mol. The van der Waals surface area contributed by atoms with Gasteiger partial charge in [-0.15, -0.1) is 0 Å². The van der Waals surface area contributed by atoms with E-state index in [1.54, 1.807) is 0 Å². The summed E-state index contributed by atoms with van der Waals surface area (Å²) in [6, 6.07) is 5.92. The average Bonchev–Trinajstić information content (AvgIpc) is 2.34. The molecule has 0 aliphatic carbocycles. The van der Waals surface area contributed by atoms with Crippen LogP contribution in [0, 0.1) is 5.41 Å². The summed E-state index contributed by atoms with van der Waals surface area (Å²) in [7, 11) is 0. The number of aryl methyl sites for hydroxylation is 1. The summed E-state index contributed by atoms with van der Waals surface area (Å²) in [5.74, 6) is 0.146. The molecule has 0 atom stereocenters. The third kappa shape index (κ3) is 4.08. The quantitative estimate of drug-likeness (QED) is 0.890. The third-order valence-electron chi connectivity index (χ3n) is 3.25. The molecule has 2 amide bonds. The zero-order valence-electron chi connectivity index (χ0n) is 12.4. The lowest BCUT2D eigenvalue weighted by Crippen LogP contribution is -2.27. The van der Waals surface area contributed by atoms with Crippen molar-refractivity contribution in [1.29, 1.82) is 0 Å². The summed E-state index contributed by atoms with van der Waals surface area (Å²) in [5, 5.41) is 5.80. The maximum Gasteiger partial charge on any atom is 0.224 e. The first-order valence-corrected chi connectivity index (χ1v) is 7.02. The van der Waals surface area contributed by atoms with Crippen LogP contribution in [-0.2, 0) is 22.6 Å². The topological polar surface area (TPSA) is 58.2 Å². The summed E-state index contributed by atoms with van der Waals surface area (Å²) in [5.41, 5.74) is 3.12. The lowest BCUT2D eigenvalue weighted by Gasteiger charge is -2.19. The minimum atomic E-state index is 0.00418. The van der Waals surface area contributed by atoms with Crippen molar-refractivity contribution >= 4 is 17.5 Å². The Hall–Kier alpha value is -1.84. The molecule has 0 radical (unpaired) electrons. The Labute approximate surface area is 119 Å². The second kappa shape index (κ2) is 5.65. The molecule has 0 unspecified atom stereocenters. The number of amides is 2. The molecule has 1 heterocycles. The van der Waals surface area contributed by atoms with Crippen LogP contribution in [0.5, 0.6) is 0 Å². The van der Waals surface area contributed by atoms with Crippen molar-refractivity contribution in [2.24, 2.45) is 5.41 Å². The normalized spacial score (nSPS) is 14.4. The highest BCUT2D eigenvalue weighted by molar-refractivity contribution is 5.93. The fourth-order valence-corrected chi connectivity index (χ4v) is 2.29. The molecule has 0 saturated carbocycles. The van der Waals surface area contributed by atoms with Gasteiger partial charge >= 0.3 is 0 Å². The van der Waals surface area contributed by atoms with Crippen molar-refractivity contribution in [2.75, 3.05) is 5.32 Å². The molecule has 1 aromatic carbocycles. The Morgan fingerprint density at radius 3 is 2.75 bits per heavy atom. The zero-order chi connectivity index (χ0) is 14.8. The molecule has 2 rings (SSSR count). The Balaban J connectivity index is 1.94. The number of hydrogen-bond donors (Lipinski definition) is 2. The largest absolute Gasteiger partial charge is 0.352 e. The second-order valence-electron chi connectivity index (χ2n) is 6.55. The maximum atomic E-state index is 11.8. The predicted octanol–water partition coefficient (Wildman–Crippen LogP) is 2.62. The molecule has 0 fully saturated rings. The molecule has 1 aromatic rings. The molecule has 1 aliphatic rings. The molecular formula is C16H22N2O2. The van der Waals surface area contributed by atoms with Gasteiger partial charge in [-0.25, -0.2) is 0 Å². The van der Waals surface area contributed by atoms with Gasteiger partial charge in [-0.2, -0.15) is 0 Å². The van der Waals surface area contributed by atoms with E-state index in [-0.39, 0.29) is 17.2 Å². The molecule has 108 valence electrons. The van der Waals surface area contributed by atoms with E-state index < -0.39 is 0 Å². The van der Waals surface area contributed by atoms with Crippen LogP contribution in [0.15, 0.2) is 18.2 Å². The van der Waals surface area contributed by atoms with Crippen molar-refractivity contribution in [1.82, 2.24) is 5.32 Å². The highest BCUT2D eigenvalue weighted by Crippen LogP contribution is 2.23. The van der Waals surface area contributed by atoms with Crippen LogP contribution < -0.4 is 10.6 Å². The second-order valence-corrected chi connectivity index (χ2v) is 6.55. The van der Waals surface area contributed by atoms with Crippen LogP contribution in [0.3, 0.4) is 0 Å². The minimum Gasteiger partial charge on any atom is -0.352 e. The van der Waals surface area contributed by atoms with Crippen molar-refractivity contribution < 1.29 is 9.59 Å². The zero-order valence-corrected chi connectivity index (χ0v) is 12.4. The van der Waals surface area contributed by atoms with E-state index in [1.807, 2.05) is 32.9 Å². The Kier molecular flexibility index (Phi) is 4.12. The van der Waals surface area contributed by atoms with Crippen LogP contribution in [0.25, 0.3) is 0 Å². The molecule has 1 aliphatic heterocycles. The third-order valence-corrected chi connectivity index (χ3v) is 3.25. The summed E-state index contributed by atoms with van der Waals surface area (Å²) >= 11 is 0. The van der Waals surface area contributed by atoms with Crippen molar-refractivity contribution in [2.45, 2.75) is 46.6 Å². The first-order chi connectivity index (χ1) is 9.33. The monoisotopic (exact) mass is 274 g/mol. The number of carbonyl (C=O) groups excluding carboxylic acids is 2. The van der Waals surface area contributed by atoms with Crippen molar-refractivity contribution in [3.63, 3.8) is 0 Å². The Morgan fingerprint density at radius 2 is 2.05 bits per heavy atom. The van der Waals surface area contributed by atoms with Gasteiger partial charge in [0.2, 0.25) is 11.8 Å². The van der Waals surface area contributed by atoms with E-state index in [9.17, 15) is 9.59 Å². The summed E-state index contributed by atoms with van der Waals surface area (Å²) < 4.78 is 0. The van der Waals surface area contributed by atoms with Gasteiger partial charge in [0.1, 0.15) is 0 Å². The number of hydrogen-bond acceptors (Lipinski definition) is 2. The van der Waals surface area contributed by atoms with Crippen LogP contribution in [0.4, 0.5) is 5.69 Å². The molecular weight excluding hydrogens is 252 g/mol. The van der Waals surface area contributed by atoms with Gasteiger partial charge in [-0.05, 0) is 29.0 Å². The molecule has 0 saturated heterocycles. The molecule has 0 aromatic heterocycles. The summed E-state index contributed by atoms with van der Waals surface area (Å²) in [6.07, 6.45) is 1.83. The van der Waals surface area contributed by atoms with Crippen LogP contribution in [0.2, 0.25) is 0 Å². The van der Waals surface area contributed by atoms with Crippen LogP contribution in [0.1, 0.15) is 44.7 Å². The first kappa shape index (κ1) is 14.6. The maximum absolute atomic E-state index is 11.8. The molecule has 4 nitrogen and oxygen atoms in total. The molecule has 2 N–H and O–H groups in total.